The van der Waals surface area contributed by atoms with E-state index in [2.05, 4.69) is 27.3 Å². The zero-order valence-electron chi connectivity index (χ0n) is 23.5. The number of rotatable bonds is 7. The Labute approximate surface area is 239 Å². The fourth-order valence-electron chi connectivity index (χ4n) is 6.16. The first kappa shape index (κ1) is 29.2. The summed E-state index contributed by atoms with van der Waals surface area (Å²) in [5.41, 5.74) is 6.18. The number of amides is 1. The quantitative estimate of drug-likeness (QED) is 0.339. The number of hydrogen-bond donors (Lipinski definition) is 1. The van der Waals surface area contributed by atoms with Gasteiger partial charge in [0.1, 0.15) is 0 Å². The molecule has 208 valence electrons. The van der Waals surface area contributed by atoms with E-state index in [4.69, 9.17) is 0 Å². The molecule has 0 spiro atoms. The smallest absolute Gasteiger partial charge is 0.252 e. The number of aromatic nitrogens is 1. The minimum absolute atomic E-state index is 0. The Hall–Kier alpha value is -2.76. The summed E-state index contributed by atoms with van der Waals surface area (Å²) in [6.45, 7) is 9.21. The van der Waals surface area contributed by atoms with E-state index >= 15 is 0 Å². The van der Waals surface area contributed by atoms with Gasteiger partial charge in [-0.1, -0.05) is 38.1 Å². The second-order valence-electron chi connectivity index (χ2n) is 11.6. The Bertz CT molecular complexity index is 1310. The van der Waals surface area contributed by atoms with Crippen LogP contribution in [0.25, 0.3) is 10.9 Å². The summed E-state index contributed by atoms with van der Waals surface area (Å²) in [6, 6.07) is 16.4. The standard InChI is InChI=1S/C33H41N3O2.ClH/c1-22(2)32(37)27-11-10-25-16-19-36(20-17-26(25)21-27)18-15-24-8-12-28(13-9-24)35-33(38)30-5-4-6-31-29(30)14-7-23(3)34-31;/h4-7,10-11,14,21-22,24,28H,8-9,12-13,15-20H2,1-3H3,(H,35,38);1H. The summed E-state index contributed by atoms with van der Waals surface area (Å²) >= 11 is 0. The number of carbonyl (C=O) groups excluding carboxylic acids is 2. The number of carbonyl (C=O) groups is 2. The molecule has 1 N–H and O–H groups in total. The lowest BCUT2D eigenvalue weighted by Crippen LogP contribution is -2.38. The van der Waals surface area contributed by atoms with Crippen molar-refractivity contribution in [2.45, 2.75) is 71.8 Å². The number of nitrogens with one attached hydrogen (secondary N) is 1. The fraction of sp³-hybridized carbons (Fsp3) is 0.485. The second-order valence-corrected chi connectivity index (χ2v) is 11.6. The number of benzene rings is 2. The van der Waals surface area contributed by atoms with E-state index in [0.29, 0.717) is 0 Å². The number of ketones is 1. The minimum atomic E-state index is 0. The molecular weight excluding hydrogens is 506 g/mol. The third kappa shape index (κ3) is 7.06. The molecule has 0 saturated heterocycles. The van der Waals surface area contributed by atoms with Crippen LogP contribution in [0.5, 0.6) is 0 Å². The van der Waals surface area contributed by atoms with Crippen molar-refractivity contribution in [3.8, 4) is 0 Å². The van der Waals surface area contributed by atoms with Gasteiger partial charge in [-0.25, -0.2) is 0 Å². The summed E-state index contributed by atoms with van der Waals surface area (Å²) < 4.78 is 0. The van der Waals surface area contributed by atoms with E-state index in [9.17, 15) is 9.59 Å². The number of aryl methyl sites for hydroxylation is 1. The van der Waals surface area contributed by atoms with Crippen molar-refractivity contribution in [3.05, 3.63) is 76.5 Å². The Morgan fingerprint density at radius 2 is 1.72 bits per heavy atom. The first-order valence-electron chi connectivity index (χ1n) is 14.4. The second kappa shape index (κ2) is 13.1. The van der Waals surface area contributed by atoms with Crippen LogP contribution in [0, 0.1) is 18.8 Å². The molecule has 0 unspecified atom stereocenters. The van der Waals surface area contributed by atoms with Crippen molar-refractivity contribution in [2.75, 3.05) is 19.6 Å². The van der Waals surface area contributed by atoms with Gasteiger partial charge in [0.15, 0.2) is 5.78 Å². The van der Waals surface area contributed by atoms with Gasteiger partial charge < -0.3 is 10.2 Å². The number of nitrogens with zero attached hydrogens (tertiary/aromatic N) is 2. The lowest BCUT2D eigenvalue weighted by Gasteiger charge is -2.31. The van der Waals surface area contributed by atoms with Crippen LogP contribution in [0.1, 0.15) is 83.5 Å². The Kier molecular flexibility index (Phi) is 9.79. The Morgan fingerprint density at radius 3 is 2.46 bits per heavy atom. The maximum absolute atomic E-state index is 13.1. The summed E-state index contributed by atoms with van der Waals surface area (Å²) in [6.07, 6.45) is 7.77. The SMILES string of the molecule is Cc1ccc2c(C(=O)NC3CCC(CCN4CCc5ccc(C(=O)C(C)C)cc5CC4)CC3)cccc2n1.Cl. The molecule has 1 saturated carbocycles. The third-order valence-corrected chi connectivity index (χ3v) is 8.56. The molecule has 39 heavy (non-hydrogen) atoms. The lowest BCUT2D eigenvalue weighted by molar-refractivity contribution is 0.0918. The van der Waals surface area contributed by atoms with Crippen LogP contribution in [0.4, 0.5) is 0 Å². The van der Waals surface area contributed by atoms with Gasteiger partial charge in [0, 0.05) is 47.3 Å². The zero-order valence-corrected chi connectivity index (χ0v) is 24.4. The molecule has 3 aromatic rings. The highest BCUT2D eigenvalue weighted by Crippen LogP contribution is 2.28. The maximum atomic E-state index is 13.1. The lowest BCUT2D eigenvalue weighted by atomic mass is 9.84. The molecule has 1 fully saturated rings. The molecule has 1 aromatic heterocycles. The topological polar surface area (TPSA) is 62.3 Å². The molecule has 1 amide bonds. The predicted octanol–water partition coefficient (Wildman–Crippen LogP) is 6.58. The number of Topliss-reactive ketones (excluding diaryl/α,β-unsaturated/α-hetero) is 1. The fourth-order valence-corrected chi connectivity index (χ4v) is 6.16. The van der Waals surface area contributed by atoms with E-state index in [1.807, 2.05) is 57.2 Å². The molecule has 0 radical (unpaired) electrons. The van der Waals surface area contributed by atoms with Crippen LogP contribution in [-0.4, -0.2) is 47.3 Å². The third-order valence-electron chi connectivity index (χ3n) is 8.56. The maximum Gasteiger partial charge on any atom is 0.252 e. The summed E-state index contributed by atoms with van der Waals surface area (Å²) in [5, 5.41) is 4.23. The average Bonchev–Trinajstić information content (AvgIpc) is 3.13. The molecule has 2 heterocycles. The Balaban J connectivity index is 0.00000353. The van der Waals surface area contributed by atoms with E-state index in [-0.39, 0.29) is 36.1 Å². The van der Waals surface area contributed by atoms with Crippen molar-refractivity contribution in [1.29, 1.82) is 0 Å². The molecule has 0 bridgehead atoms. The normalized spacial score (nSPS) is 19.7. The molecule has 1 aliphatic heterocycles. The van der Waals surface area contributed by atoms with Crippen LogP contribution in [0.3, 0.4) is 0 Å². The van der Waals surface area contributed by atoms with Gasteiger partial charge in [0.2, 0.25) is 0 Å². The van der Waals surface area contributed by atoms with Crippen LogP contribution >= 0.6 is 12.4 Å². The van der Waals surface area contributed by atoms with Crippen molar-refractivity contribution in [1.82, 2.24) is 15.2 Å². The molecular formula is C33H42ClN3O2. The number of pyridine rings is 1. The van der Waals surface area contributed by atoms with Gasteiger partial charge in [0.05, 0.1) is 5.52 Å². The summed E-state index contributed by atoms with van der Waals surface area (Å²) in [4.78, 5) is 32.7. The average molecular weight is 548 g/mol. The molecule has 5 nitrogen and oxygen atoms in total. The van der Waals surface area contributed by atoms with Gasteiger partial charge >= 0.3 is 0 Å². The molecule has 0 atom stereocenters. The monoisotopic (exact) mass is 547 g/mol. The van der Waals surface area contributed by atoms with E-state index in [1.165, 1.54) is 30.4 Å². The number of hydrogen-bond acceptors (Lipinski definition) is 4. The first-order chi connectivity index (χ1) is 18.4. The van der Waals surface area contributed by atoms with Gasteiger partial charge in [-0.05, 0) is 99.7 Å². The summed E-state index contributed by atoms with van der Waals surface area (Å²) in [5.74, 6) is 1.03. The highest BCUT2D eigenvalue weighted by Gasteiger charge is 2.24. The predicted molar refractivity (Wildman–Crippen MR) is 161 cm³/mol. The van der Waals surface area contributed by atoms with Crippen LogP contribution in [-0.2, 0) is 12.8 Å². The van der Waals surface area contributed by atoms with Crippen molar-refractivity contribution >= 4 is 35.0 Å². The molecule has 5 rings (SSSR count). The Morgan fingerprint density at radius 1 is 0.974 bits per heavy atom. The highest BCUT2D eigenvalue weighted by atomic mass is 35.5. The summed E-state index contributed by atoms with van der Waals surface area (Å²) in [7, 11) is 0. The largest absolute Gasteiger partial charge is 0.349 e. The van der Waals surface area contributed by atoms with Gasteiger partial charge in [-0.2, -0.15) is 0 Å². The molecule has 1 aliphatic carbocycles. The molecule has 2 aliphatic rings. The van der Waals surface area contributed by atoms with Gasteiger partial charge in [-0.3, -0.25) is 14.6 Å². The highest BCUT2D eigenvalue weighted by molar-refractivity contribution is 6.06. The van der Waals surface area contributed by atoms with Crippen molar-refractivity contribution < 1.29 is 9.59 Å². The van der Waals surface area contributed by atoms with Crippen molar-refractivity contribution in [3.63, 3.8) is 0 Å². The van der Waals surface area contributed by atoms with E-state index in [0.717, 1.165) is 79.0 Å². The van der Waals surface area contributed by atoms with E-state index in [1.54, 1.807) is 0 Å². The van der Waals surface area contributed by atoms with Crippen LogP contribution in [0.2, 0.25) is 0 Å². The van der Waals surface area contributed by atoms with Crippen molar-refractivity contribution in [2.24, 2.45) is 11.8 Å². The molecule has 2 aromatic carbocycles. The van der Waals surface area contributed by atoms with Crippen LogP contribution in [0.15, 0.2) is 48.5 Å². The van der Waals surface area contributed by atoms with Gasteiger partial charge in [-0.15, -0.1) is 12.4 Å². The number of halogens is 1. The zero-order chi connectivity index (χ0) is 26.6. The minimum Gasteiger partial charge on any atom is -0.349 e. The van der Waals surface area contributed by atoms with E-state index < -0.39 is 0 Å². The molecule has 6 heteroatoms. The first-order valence-corrected chi connectivity index (χ1v) is 14.4. The van der Waals surface area contributed by atoms with Crippen LogP contribution < -0.4 is 5.32 Å². The number of fused-ring (bicyclic) bond motifs is 2. The van der Waals surface area contributed by atoms with Gasteiger partial charge in [0.25, 0.3) is 5.91 Å².